The fraction of sp³-hybridized carbons (Fsp3) is 0.300. The molecule has 3 aromatic rings. The van der Waals surface area contributed by atoms with E-state index in [4.69, 9.17) is 0 Å². The number of nitrogens with zero attached hydrogens (tertiary/aromatic N) is 4. The normalized spacial score (nSPS) is 12.0. The quantitative estimate of drug-likeness (QED) is 0.625. The number of anilines is 1. The molecular weight excluding hydrogens is 358 g/mol. The van der Waals surface area contributed by atoms with Crippen molar-refractivity contribution >= 4 is 23.4 Å². The lowest BCUT2D eigenvalue weighted by Gasteiger charge is -2.13. The van der Waals surface area contributed by atoms with Crippen molar-refractivity contribution in [3.63, 3.8) is 0 Å². The summed E-state index contributed by atoms with van der Waals surface area (Å²) < 4.78 is 2.01. The van der Waals surface area contributed by atoms with Crippen LogP contribution in [0.4, 0.5) is 5.69 Å². The van der Waals surface area contributed by atoms with E-state index >= 15 is 0 Å². The van der Waals surface area contributed by atoms with Gasteiger partial charge in [0.15, 0.2) is 11.0 Å². The molecule has 0 spiro atoms. The third-order valence-electron chi connectivity index (χ3n) is 4.25. The van der Waals surface area contributed by atoms with Crippen molar-refractivity contribution in [2.24, 2.45) is 0 Å². The summed E-state index contributed by atoms with van der Waals surface area (Å²) in [5.74, 6) is 0.727. The second kappa shape index (κ2) is 8.81. The van der Waals surface area contributed by atoms with Crippen LogP contribution in [0.1, 0.15) is 26.3 Å². The maximum Gasteiger partial charge on any atom is 0.237 e. The highest BCUT2D eigenvalue weighted by Crippen LogP contribution is 2.27. The number of rotatable bonds is 7. The van der Waals surface area contributed by atoms with Crippen molar-refractivity contribution in [3.05, 3.63) is 54.4 Å². The number of aromatic nitrogens is 4. The van der Waals surface area contributed by atoms with Crippen LogP contribution in [0, 0.1) is 0 Å². The van der Waals surface area contributed by atoms with Gasteiger partial charge in [-0.2, -0.15) is 0 Å². The van der Waals surface area contributed by atoms with Gasteiger partial charge in [-0.3, -0.25) is 9.78 Å². The van der Waals surface area contributed by atoms with E-state index in [2.05, 4.69) is 27.4 Å². The zero-order chi connectivity index (χ0) is 19.2. The van der Waals surface area contributed by atoms with E-state index in [1.807, 2.05) is 54.8 Å². The Morgan fingerprint density at radius 3 is 2.44 bits per heavy atom. The average molecular weight is 382 g/mol. The number of pyridine rings is 1. The summed E-state index contributed by atoms with van der Waals surface area (Å²) in [6, 6.07) is 11.7. The second-order valence-corrected chi connectivity index (χ2v) is 7.39. The minimum Gasteiger partial charge on any atom is -0.325 e. The number of nitrogens with one attached hydrogen (secondary N) is 1. The largest absolute Gasteiger partial charge is 0.325 e. The molecular formula is C20H23N5OS. The molecule has 3 rings (SSSR count). The highest BCUT2D eigenvalue weighted by molar-refractivity contribution is 8.00. The van der Waals surface area contributed by atoms with Crippen molar-refractivity contribution < 1.29 is 4.79 Å². The number of thioether (sulfide) groups is 1. The summed E-state index contributed by atoms with van der Waals surface area (Å²) in [6.07, 6.45) is 4.44. The Kier molecular flexibility index (Phi) is 6.24. The Balaban J connectivity index is 1.70. The first-order chi connectivity index (χ1) is 13.1. The number of hydrogen-bond donors (Lipinski definition) is 1. The van der Waals surface area contributed by atoms with Gasteiger partial charge in [-0.25, -0.2) is 0 Å². The third-order valence-corrected chi connectivity index (χ3v) is 5.33. The topological polar surface area (TPSA) is 72.7 Å². The first-order valence-corrected chi connectivity index (χ1v) is 9.90. The maximum absolute atomic E-state index is 12.6. The van der Waals surface area contributed by atoms with E-state index in [-0.39, 0.29) is 11.2 Å². The minimum atomic E-state index is -0.296. The first-order valence-electron chi connectivity index (χ1n) is 9.02. The van der Waals surface area contributed by atoms with Crippen LogP contribution >= 0.6 is 11.8 Å². The van der Waals surface area contributed by atoms with Crippen LogP contribution in [-0.2, 0) is 17.8 Å². The molecule has 7 heteroatoms. The van der Waals surface area contributed by atoms with Crippen LogP contribution in [0.3, 0.4) is 0 Å². The maximum atomic E-state index is 12.6. The summed E-state index contributed by atoms with van der Waals surface area (Å²) in [4.78, 5) is 16.6. The molecule has 140 valence electrons. The predicted octanol–water partition coefficient (Wildman–Crippen LogP) is 4.04. The molecule has 0 aliphatic rings. The second-order valence-electron chi connectivity index (χ2n) is 6.09. The molecule has 27 heavy (non-hydrogen) atoms. The lowest BCUT2D eigenvalue weighted by Crippen LogP contribution is -2.23. The molecule has 2 heterocycles. The van der Waals surface area contributed by atoms with Gasteiger partial charge in [-0.05, 0) is 50.1 Å². The Morgan fingerprint density at radius 1 is 1.11 bits per heavy atom. The number of hydrogen-bond acceptors (Lipinski definition) is 5. The Bertz CT molecular complexity index is 892. The highest BCUT2D eigenvalue weighted by Gasteiger charge is 2.20. The first kappa shape index (κ1) is 19.1. The minimum absolute atomic E-state index is 0.0552. The van der Waals surface area contributed by atoms with Gasteiger partial charge in [-0.1, -0.05) is 30.8 Å². The van der Waals surface area contributed by atoms with Gasteiger partial charge < -0.3 is 9.88 Å². The highest BCUT2D eigenvalue weighted by atomic mass is 32.2. The van der Waals surface area contributed by atoms with Gasteiger partial charge in [0.25, 0.3) is 0 Å². The summed E-state index contributed by atoms with van der Waals surface area (Å²) in [5.41, 5.74) is 3.01. The molecule has 1 atom stereocenters. The fourth-order valence-electron chi connectivity index (χ4n) is 2.65. The van der Waals surface area contributed by atoms with E-state index in [1.54, 1.807) is 12.4 Å². The molecule has 0 aliphatic carbocycles. The predicted molar refractivity (Wildman–Crippen MR) is 109 cm³/mol. The molecule has 0 aliphatic heterocycles. The van der Waals surface area contributed by atoms with Crippen molar-refractivity contribution in [2.45, 2.75) is 44.1 Å². The van der Waals surface area contributed by atoms with Gasteiger partial charge in [0, 0.05) is 30.2 Å². The zero-order valence-corrected chi connectivity index (χ0v) is 16.5. The molecule has 6 nitrogen and oxygen atoms in total. The average Bonchev–Trinajstić information content (AvgIpc) is 3.11. The molecule has 0 fully saturated rings. The van der Waals surface area contributed by atoms with E-state index in [0.29, 0.717) is 0 Å². The van der Waals surface area contributed by atoms with Crippen LogP contribution in [0.5, 0.6) is 0 Å². The molecule has 1 aromatic carbocycles. The molecule has 0 bridgehead atoms. The number of carbonyl (C=O) groups is 1. The molecule has 0 unspecified atom stereocenters. The van der Waals surface area contributed by atoms with Crippen LogP contribution in [0.15, 0.2) is 53.9 Å². The van der Waals surface area contributed by atoms with Crippen molar-refractivity contribution in [1.82, 2.24) is 19.7 Å². The standard InChI is InChI=1S/C20H23N5OS/c1-4-15-6-8-17(9-7-15)22-19(26)14(3)27-20-24-23-18(25(20)5-2)16-10-12-21-13-11-16/h6-14H,4-5H2,1-3H3,(H,22,26)/t14-/m1/s1. The number of amides is 1. The van der Waals surface area contributed by atoms with Gasteiger partial charge in [0.2, 0.25) is 5.91 Å². The van der Waals surface area contributed by atoms with Crippen molar-refractivity contribution in [3.8, 4) is 11.4 Å². The number of aryl methyl sites for hydroxylation is 1. The van der Waals surface area contributed by atoms with E-state index < -0.39 is 0 Å². The Hall–Kier alpha value is -2.67. The summed E-state index contributed by atoms with van der Waals surface area (Å²) in [5, 5.41) is 12.0. The molecule has 0 saturated carbocycles. The number of benzene rings is 1. The molecule has 0 saturated heterocycles. The van der Waals surface area contributed by atoms with Crippen LogP contribution in [0.25, 0.3) is 11.4 Å². The summed E-state index contributed by atoms with van der Waals surface area (Å²) in [6.45, 7) is 6.75. The summed E-state index contributed by atoms with van der Waals surface area (Å²) in [7, 11) is 0. The summed E-state index contributed by atoms with van der Waals surface area (Å²) >= 11 is 1.41. The molecule has 1 N–H and O–H groups in total. The lowest BCUT2D eigenvalue weighted by atomic mass is 10.1. The van der Waals surface area contributed by atoms with Crippen LogP contribution in [-0.4, -0.2) is 30.9 Å². The van der Waals surface area contributed by atoms with Gasteiger partial charge >= 0.3 is 0 Å². The van der Waals surface area contributed by atoms with E-state index in [0.717, 1.165) is 35.2 Å². The number of carbonyl (C=O) groups excluding carboxylic acids is 1. The lowest BCUT2D eigenvalue weighted by molar-refractivity contribution is -0.115. The third kappa shape index (κ3) is 4.54. The smallest absolute Gasteiger partial charge is 0.237 e. The fourth-order valence-corrected chi connectivity index (χ4v) is 3.57. The SMILES string of the molecule is CCc1ccc(NC(=O)[C@@H](C)Sc2nnc(-c3ccncc3)n2CC)cc1. The van der Waals surface area contributed by atoms with E-state index in [9.17, 15) is 4.79 Å². The van der Waals surface area contributed by atoms with Crippen LogP contribution < -0.4 is 5.32 Å². The van der Waals surface area contributed by atoms with Crippen molar-refractivity contribution in [1.29, 1.82) is 0 Å². The van der Waals surface area contributed by atoms with Gasteiger partial charge in [0.05, 0.1) is 5.25 Å². The molecule has 0 radical (unpaired) electrons. The Morgan fingerprint density at radius 2 is 1.81 bits per heavy atom. The van der Waals surface area contributed by atoms with Crippen LogP contribution in [0.2, 0.25) is 0 Å². The molecule has 2 aromatic heterocycles. The van der Waals surface area contributed by atoms with Gasteiger partial charge in [-0.15, -0.1) is 10.2 Å². The monoisotopic (exact) mass is 381 g/mol. The molecule has 1 amide bonds. The Labute approximate surface area is 163 Å². The van der Waals surface area contributed by atoms with E-state index in [1.165, 1.54) is 17.3 Å². The van der Waals surface area contributed by atoms with Gasteiger partial charge in [0.1, 0.15) is 0 Å². The zero-order valence-electron chi connectivity index (χ0n) is 15.7. The van der Waals surface area contributed by atoms with Crippen molar-refractivity contribution in [2.75, 3.05) is 5.32 Å².